The van der Waals surface area contributed by atoms with Gasteiger partial charge in [0.1, 0.15) is 0 Å². The normalized spacial score (nSPS) is 20.9. The van der Waals surface area contributed by atoms with Crippen molar-refractivity contribution in [2.24, 2.45) is 0 Å². The monoisotopic (exact) mass is 228 g/mol. The van der Waals surface area contributed by atoms with E-state index < -0.39 is 0 Å². The Morgan fingerprint density at radius 1 is 1.60 bits per heavy atom. The number of hydrogen-bond acceptors (Lipinski definition) is 5. The van der Waals surface area contributed by atoms with Crippen molar-refractivity contribution in [1.29, 1.82) is 0 Å². The van der Waals surface area contributed by atoms with Crippen LogP contribution in [0.15, 0.2) is 5.16 Å². The molecule has 2 rings (SSSR count). The smallest absolute Gasteiger partial charge is 0.216 e. The van der Waals surface area contributed by atoms with Crippen LogP contribution in [0.25, 0.3) is 0 Å². The molecule has 1 saturated heterocycles. The summed E-state index contributed by atoms with van der Waals surface area (Å²) in [6, 6.07) is 0. The molecule has 84 valence electrons. The molecule has 0 bridgehead atoms. The average Bonchev–Trinajstić information content (AvgIpc) is 2.84. The van der Waals surface area contributed by atoms with Crippen molar-refractivity contribution < 1.29 is 4.74 Å². The standard InChI is InChI=1S/C9H16N4OS/c10-8-11-9(13-12-8)15-6-2-4-7-3-1-5-14-7/h7H,1-6H2,(H3,10,11,12,13). The number of aromatic nitrogens is 3. The van der Waals surface area contributed by atoms with E-state index in [1.54, 1.807) is 11.8 Å². The number of nitrogen functional groups attached to an aromatic ring is 1. The molecule has 0 saturated carbocycles. The van der Waals surface area contributed by atoms with Crippen LogP contribution in [0.3, 0.4) is 0 Å². The highest BCUT2D eigenvalue weighted by atomic mass is 32.2. The zero-order valence-corrected chi connectivity index (χ0v) is 9.42. The van der Waals surface area contributed by atoms with Crippen molar-refractivity contribution in [3.05, 3.63) is 0 Å². The Kier molecular flexibility index (Phi) is 3.85. The van der Waals surface area contributed by atoms with Crippen molar-refractivity contribution in [1.82, 2.24) is 15.2 Å². The number of H-pyrrole nitrogens is 1. The second-order valence-corrected chi connectivity index (χ2v) is 4.69. The van der Waals surface area contributed by atoms with Gasteiger partial charge in [0.2, 0.25) is 11.1 Å². The van der Waals surface area contributed by atoms with Crippen LogP contribution in [0.5, 0.6) is 0 Å². The third-order valence-electron chi connectivity index (χ3n) is 2.41. The van der Waals surface area contributed by atoms with Crippen LogP contribution < -0.4 is 5.73 Å². The van der Waals surface area contributed by atoms with Gasteiger partial charge in [-0.05, 0) is 25.7 Å². The quantitative estimate of drug-likeness (QED) is 0.589. The Hall–Kier alpha value is -0.750. The van der Waals surface area contributed by atoms with E-state index in [0.717, 1.165) is 30.4 Å². The SMILES string of the molecule is Nc1nc(SCCCC2CCCO2)n[nH]1. The number of nitrogens with two attached hydrogens (primary N) is 1. The van der Waals surface area contributed by atoms with Gasteiger partial charge in [0, 0.05) is 12.4 Å². The average molecular weight is 228 g/mol. The minimum absolute atomic E-state index is 0.386. The predicted octanol–water partition coefficient (Wildman–Crippen LogP) is 1.44. The van der Waals surface area contributed by atoms with Gasteiger partial charge >= 0.3 is 0 Å². The number of rotatable bonds is 5. The van der Waals surface area contributed by atoms with Crippen LogP contribution in [0.1, 0.15) is 25.7 Å². The van der Waals surface area contributed by atoms with Gasteiger partial charge in [-0.3, -0.25) is 0 Å². The first-order valence-electron chi connectivity index (χ1n) is 5.27. The Morgan fingerprint density at radius 3 is 3.20 bits per heavy atom. The fourth-order valence-corrected chi connectivity index (χ4v) is 2.44. The summed E-state index contributed by atoms with van der Waals surface area (Å²) in [5.41, 5.74) is 5.42. The van der Waals surface area contributed by atoms with E-state index in [1.165, 1.54) is 12.8 Å². The highest BCUT2D eigenvalue weighted by molar-refractivity contribution is 7.99. The Morgan fingerprint density at radius 2 is 2.53 bits per heavy atom. The van der Waals surface area contributed by atoms with E-state index in [9.17, 15) is 0 Å². The molecular weight excluding hydrogens is 212 g/mol. The molecule has 0 aliphatic carbocycles. The molecular formula is C9H16N4OS. The first kappa shape index (κ1) is 10.8. The first-order chi connectivity index (χ1) is 7.34. The summed E-state index contributed by atoms with van der Waals surface area (Å²) in [5, 5.41) is 7.31. The maximum absolute atomic E-state index is 5.54. The number of thioether (sulfide) groups is 1. The summed E-state index contributed by atoms with van der Waals surface area (Å²) in [6.45, 7) is 0.940. The lowest BCUT2D eigenvalue weighted by molar-refractivity contribution is 0.104. The second kappa shape index (κ2) is 5.37. The summed E-state index contributed by atoms with van der Waals surface area (Å²) in [5.74, 6) is 1.41. The maximum atomic E-state index is 5.54. The molecule has 1 aromatic heterocycles. The summed E-state index contributed by atoms with van der Waals surface area (Å²) in [7, 11) is 0. The second-order valence-electron chi connectivity index (χ2n) is 3.63. The fraction of sp³-hybridized carbons (Fsp3) is 0.778. The molecule has 6 heteroatoms. The van der Waals surface area contributed by atoms with Gasteiger partial charge in [-0.25, -0.2) is 5.10 Å². The zero-order valence-electron chi connectivity index (χ0n) is 8.61. The third-order valence-corrected chi connectivity index (χ3v) is 3.34. The number of ether oxygens (including phenoxy) is 1. The molecule has 1 aliphatic heterocycles. The molecule has 3 N–H and O–H groups in total. The molecule has 1 aromatic rings. The van der Waals surface area contributed by atoms with Gasteiger partial charge < -0.3 is 10.5 Å². The molecule has 0 aromatic carbocycles. The first-order valence-corrected chi connectivity index (χ1v) is 6.25. The number of aromatic amines is 1. The van der Waals surface area contributed by atoms with Crippen LogP contribution in [0.4, 0.5) is 5.95 Å². The van der Waals surface area contributed by atoms with E-state index in [0.29, 0.717) is 12.1 Å². The van der Waals surface area contributed by atoms with Crippen molar-refractivity contribution in [2.75, 3.05) is 18.1 Å². The van der Waals surface area contributed by atoms with Crippen LogP contribution in [0.2, 0.25) is 0 Å². The molecule has 0 spiro atoms. The lowest BCUT2D eigenvalue weighted by atomic mass is 10.1. The van der Waals surface area contributed by atoms with E-state index >= 15 is 0 Å². The van der Waals surface area contributed by atoms with E-state index in [1.807, 2.05) is 0 Å². The Labute approximate surface area is 93.2 Å². The van der Waals surface area contributed by atoms with Crippen LogP contribution >= 0.6 is 11.8 Å². The van der Waals surface area contributed by atoms with E-state index in [2.05, 4.69) is 15.2 Å². The molecule has 2 heterocycles. The fourth-order valence-electron chi connectivity index (χ4n) is 1.67. The van der Waals surface area contributed by atoms with Crippen molar-refractivity contribution in [2.45, 2.75) is 36.9 Å². The number of hydrogen-bond donors (Lipinski definition) is 2. The summed E-state index contributed by atoms with van der Waals surface area (Å²) >= 11 is 1.64. The highest BCUT2D eigenvalue weighted by Gasteiger charge is 2.14. The van der Waals surface area contributed by atoms with Gasteiger partial charge in [0.25, 0.3) is 0 Å². The predicted molar refractivity (Wildman–Crippen MR) is 59.7 cm³/mol. The minimum Gasteiger partial charge on any atom is -0.378 e. The van der Waals surface area contributed by atoms with Crippen molar-refractivity contribution in [3.8, 4) is 0 Å². The molecule has 0 amide bonds. The van der Waals surface area contributed by atoms with Crippen LogP contribution in [-0.4, -0.2) is 33.6 Å². The number of nitrogens with zero attached hydrogens (tertiary/aromatic N) is 2. The topological polar surface area (TPSA) is 76.8 Å². The zero-order chi connectivity index (χ0) is 10.5. The summed E-state index contributed by atoms with van der Waals surface area (Å²) < 4.78 is 5.54. The van der Waals surface area contributed by atoms with E-state index in [-0.39, 0.29) is 0 Å². The highest BCUT2D eigenvalue weighted by Crippen LogP contribution is 2.20. The molecule has 1 atom stereocenters. The van der Waals surface area contributed by atoms with Crippen molar-refractivity contribution in [3.63, 3.8) is 0 Å². The number of nitrogens with one attached hydrogen (secondary N) is 1. The van der Waals surface area contributed by atoms with Crippen molar-refractivity contribution >= 4 is 17.7 Å². The minimum atomic E-state index is 0.386. The summed E-state index contributed by atoms with van der Waals surface area (Å²) in [4.78, 5) is 4.02. The van der Waals surface area contributed by atoms with Gasteiger partial charge in [-0.15, -0.1) is 5.10 Å². The largest absolute Gasteiger partial charge is 0.378 e. The molecule has 1 unspecified atom stereocenters. The van der Waals surface area contributed by atoms with Gasteiger partial charge in [-0.1, -0.05) is 11.8 Å². The molecule has 5 nitrogen and oxygen atoms in total. The van der Waals surface area contributed by atoms with Crippen LogP contribution in [-0.2, 0) is 4.74 Å². The lowest BCUT2D eigenvalue weighted by Gasteiger charge is -2.07. The Bertz CT molecular complexity index is 298. The van der Waals surface area contributed by atoms with E-state index in [4.69, 9.17) is 10.5 Å². The number of anilines is 1. The van der Waals surface area contributed by atoms with Gasteiger partial charge in [-0.2, -0.15) is 4.98 Å². The van der Waals surface area contributed by atoms with Crippen LogP contribution in [0, 0.1) is 0 Å². The molecule has 0 radical (unpaired) electrons. The molecule has 1 aliphatic rings. The van der Waals surface area contributed by atoms with Gasteiger partial charge in [0.15, 0.2) is 0 Å². The molecule has 15 heavy (non-hydrogen) atoms. The lowest BCUT2D eigenvalue weighted by Crippen LogP contribution is -2.04. The van der Waals surface area contributed by atoms with Gasteiger partial charge in [0.05, 0.1) is 6.10 Å². The maximum Gasteiger partial charge on any atom is 0.216 e. The summed E-state index contributed by atoms with van der Waals surface area (Å²) in [6.07, 6.45) is 5.22. The third kappa shape index (κ3) is 3.39. The Balaban J connectivity index is 1.58. The molecule has 1 fully saturated rings.